The molecule has 1 saturated carbocycles. The van der Waals surface area contributed by atoms with E-state index in [4.69, 9.17) is 11.6 Å². The van der Waals surface area contributed by atoms with Crippen molar-refractivity contribution in [3.05, 3.63) is 64.0 Å². The highest BCUT2D eigenvalue weighted by molar-refractivity contribution is 8.18. The van der Waals surface area contributed by atoms with E-state index in [-0.39, 0.29) is 17.8 Å². The van der Waals surface area contributed by atoms with Gasteiger partial charge in [-0.3, -0.25) is 9.69 Å². The van der Waals surface area contributed by atoms with Gasteiger partial charge in [0.25, 0.3) is 5.91 Å². The first-order valence-electron chi connectivity index (χ1n) is 9.30. The van der Waals surface area contributed by atoms with Gasteiger partial charge in [-0.05, 0) is 60.5 Å². The third-order valence-corrected chi connectivity index (χ3v) is 6.15. The van der Waals surface area contributed by atoms with Crippen LogP contribution in [0.1, 0.15) is 37.7 Å². The number of carbonyl (C=O) groups excluding carboxylic acids is 1. The molecule has 0 atom stereocenters. The zero-order chi connectivity index (χ0) is 19.5. The predicted molar refractivity (Wildman–Crippen MR) is 112 cm³/mol. The average molecular weight is 416 g/mol. The molecule has 0 bridgehead atoms. The standard InChI is InChI=1S/C21H19ClFN3OS/c22-19-17(10-5-11-24-19)25-21-26(16-8-2-1-3-9-16)20(27)18(28-21)13-14-6-4-7-15(23)12-14/h4-7,10-13,16H,1-3,8-9H2/b18-13-,25-21?. The molecule has 0 unspecified atom stereocenters. The van der Waals surface area contributed by atoms with Crippen molar-refractivity contribution in [1.82, 2.24) is 9.88 Å². The lowest BCUT2D eigenvalue weighted by Crippen LogP contribution is -2.40. The van der Waals surface area contributed by atoms with Gasteiger partial charge in [0.15, 0.2) is 10.3 Å². The molecule has 2 heterocycles. The molecule has 0 N–H and O–H groups in total. The summed E-state index contributed by atoms with van der Waals surface area (Å²) in [5.41, 5.74) is 1.19. The molecule has 1 aromatic carbocycles. The van der Waals surface area contributed by atoms with Gasteiger partial charge < -0.3 is 0 Å². The predicted octanol–water partition coefficient (Wildman–Crippen LogP) is 5.81. The molecule has 7 heteroatoms. The average Bonchev–Trinajstić information content (AvgIpc) is 2.99. The first-order valence-corrected chi connectivity index (χ1v) is 10.5. The molecule has 144 valence electrons. The van der Waals surface area contributed by atoms with Gasteiger partial charge in [-0.25, -0.2) is 14.4 Å². The topological polar surface area (TPSA) is 45.6 Å². The molecule has 28 heavy (non-hydrogen) atoms. The van der Waals surface area contributed by atoms with Crippen molar-refractivity contribution in [3.8, 4) is 0 Å². The summed E-state index contributed by atoms with van der Waals surface area (Å²) in [4.78, 5) is 24.2. The first kappa shape index (κ1) is 19.2. The summed E-state index contributed by atoms with van der Waals surface area (Å²) < 4.78 is 13.5. The van der Waals surface area contributed by atoms with Crippen LogP contribution in [0.2, 0.25) is 5.15 Å². The number of halogens is 2. The Morgan fingerprint density at radius 1 is 1.21 bits per heavy atom. The number of hydrogen-bond donors (Lipinski definition) is 0. The number of aliphatic imine (C=N–C) groups is 1. The molecule has 2 aliphatic rings. The molecule has 1 saturated heterocycles. The van der Waals surface area contributed by atoms with Gasteiger partial charge in [-0.1, -0.05) is 43.0 Å². The number of amides is 1. The Balaban J connectivity index is 1.72. The van der Waals surface area contributed by atoms with Gasteiger partial charge in [-0.2, -0.15) is 0 Å². The van der Waals surface area contributed by atoms with Gasteiger partial charge in [0.05, 0.1) is 4.91 Å². The van der Waals surface area contributed by atoms with Crippen LogP contribution in [0.4, 0.5) is 10.1 Å². The van der Waals surface area contributed by atoms with Crippen LogP contribution in [-0.2, 0) is 4.79 Å². The highest BCUT2D eigenvalue weighted by Crippen LogP contribution is 2.39. The third-order valence-electron chi connectivity index (χ3n) is 4.88. The smallest absolute Gasteiger partial charge is 0.267 e. The van der Waals surface area contributed by atoms with Crippen LogP contribution in [0.3, 0.4) is 0 Å². The van der Waals surface area contributed by atoms with E-state index in [0.29, 0.717) is 26.5 Å². The Kier molecular flexibility index (Phi) is 5.78. The van der Waals surface area contributed by atoms with Crippen molar-refractivity contribution in [2.24, 2.45) is 4.99 Å². The minimum absolute atomic E-state index is 0.0834. The number of benzene rings is 1. The first-order chi connectivity index (χ1) is 13.6. The zero-order valence-corrected chi connectivity index (χ0v) is 16.7. The van der Waals surface area contributed by atoms with Crippen LogP contribution in [0, 0.1) is 5.82 Å². The Hall–Kier alpha value is -2.18. The number of aromatic nitrogens is 1. The van der Waals surface area contributed by atoms with Crippen molar-refractivity contribution in [2.45, 2.75) is 38.1 Å². The van der Waals surface area contributed by atoms with E-state index in [1.807, 2.05) is 0 Å². The molecule has 1 amide bonds. The summed E-state index contributed by atoms with van der Waals surface area (Å²) in [6.07, 6.45) is 8.63. The molecular formula is C21H19ClFN3OS. The fourth-order valence-electron chi connectivity index (χ4n) is 3.54. The lowest BCUT2D eigenvalue weighted by atomic mass is 9.94. The van der Waals surface area contributed by atoms with Gasteiger partial charge in [0.2, 0.25) is 0 Å². The number of amidine groups is 1. The van der Waals surface area contributed by atoms with E-state index in [1.165, 1.54) is 30.3 Å². The molecule has 1 aliphatic heterocycles. The Morgan fingerprint density at radius 3 is 2.79 bits per heavy atom. The Labute approximate surface area is 172 Å². The summed E-state index contributed by atoms with van der Waals surface area (Å²) >= 11 is 7.47. The summed E-state index contributed by atoms with van der Waals surface area (Å²) in [5.74, 6) is -0.412. The second kappa shape index (κ2) is 8.45. The third kappa shape index (κ3) is 4.13. The van der Waals surface area contributed by atoms with Crippen LogP contribution < -0.4 is 0 Å². The minimum atomic E-state index is -0.329. The van der Waals surface area contributed by atoms with Crippen LogP contribution in [0.15, 0.2) is 52.5 Å². The van der Waals surface area contributed by atoms with E-state index < -0.39 is 0 Å². The highest BCUT2D eigenvalue weighted by Gasteiger charge is 2.38. The van der Waals surface area contributed by atoms with Crippen molar-refractivity contribution in [3.63, 3.8) is 0 Å². The number of carbonyl (C=O) groups is 1. The van der Waals surface area contributed by atoms with Crippen molar-refractivity contribution in [1.29, 1.82) is 0 Å². The second-order valence-corrected chi connectivity index (χ2v) is 8.21. The summed E-state index contributed by atoms with van der Waals surface area (Å²) in [6.45, 7) is 0. The fraction of sp³-hybridized carbons (Fsp3) is 0.286. The molecule has 0 spiro atoms. The monoisotopic (exact) mass is 415 g/mol. The molecule has 2 aromatic rings. The van der Waals surface area contributed by atoms with Crippen molar-refractivity contribution in [2.75, 3.05) is 0 Å². The normalized spacial score (nSPS) is 21.1. The molecule has 0 radical (unpaired) electrons. The number of thioether (sulfide) groups is 1. The van der Waals surface area contributed by atoms with E-state index in [1.54, 1.807) is 41.4 Å². The van der Waals surface area contributed by atoms with Crippen LogP contribution in [0.25, 0.3) is 6.08 Å². The van der Waals surface area contributed by atoms with Gasteiger partial charge in [0, 0.05) is 12.2 Å². The molecule has 1 aliphatic carbocycles. The van der Waals surface area contributed by atoms with Gasteiger partial charge >= 0.3 is 0 Å². The lowest BCUT2D eigenvalue weighted by molar-refractivity contribution is -0.124. The molecular weight excluding hydrogens is 397 g/mol. The molecule has 4 rings (SSSR count). The summed E-state index contributed by atoms with van der Waals surface area (Å²) in [6, 6.07) is 9.89. The maximum absolute atomic E-state index is 13.5. The highest BCUT2D eigenvalue weighted by atomic mass is 35.5. The minimum Gasteiger partial charge on any atom is -0.283 e. The van der Waals surface area contributed by atoms with Crippen molar-refractivity contribution >= 4 is 46.2 Å². The number of nitrogens with zero attached hydrogens (tertiary/aromatic N) is 3. The molecule has 1 aromatic heterocycles. The zero-order valence-electron chi connectivity index (χ0n) is 15.1. The molecule has 4 nitrogen and oxygen atoms in total. The van der Waals surface area contributed by atoms with Crippen LogP contribution in [-0.4, -0.2) is 27.0 Å². The van der Waals surface area contributed by atoms with E-state index >= 15 is 0 Å². The second-order valence-electron chi connectivity index (χ2n) is 6.84. The summed E-state index contributed by atoms with van der Waals surface area (Å²) in [5, 5.41) is 0.906. The quantitative estimate of drug-likeness (QED) is 0.469. The SMILES string of the molecule is O=C1/C(=C/c2cccc(F)c2)SC(=Nc2cccnc2Cl)N1C1CCCCC1. The van der Waals surface area contributed by atoms with E-state index in [9.17, 15) is 9.18 Å². The van der Waals surface area contributed by atoms with Crippen LogP contribution >= 0.6 is 23.4 Å². The van der Waals surface area contributed by atoms with E-state index in [2.05, 4.69) is 9.98 Å². The Bertz CT molecular complexity index is 956. The van der Waals surface area contributed by atoms with Crippen LogP contribution in [0.5, 0.6) is 0 Å². The molecule has 2 fully saturated rings. The maximum Gasteiger partial charge on any atom is 0.267 e. The Morgan fingerprint density at radius 2 is 2.04 bits per heavy atom. The van der Waals surface area contributed by atoms with Gasteiger partial charge in [-0.15, -0.1) is 0 Å². The van der Waals surface area contributed by atoms with E-state index in [0.717, 1.165) is 25.7 Å². The fourth-order valence-corrected chi connectivity index (χ4v) is 4.75. The lowest BCUT2D eigenvalue weighted by Gasteiger charge is -2.30. The number of rotatable bonds is 3. The number of hydrogen-bond acceptors (Lipinski definition) is 4. The van der Waals surface area contributed by atoms with Crippen molar-refractivity contribution < 1.29 is 9.18 Å². The number of pyridine rings is 1. The van der Waals surface area contributed by atoms with Gasteiger partial charge in [0.1, 0.15) is 11.5 Å². The maximum atomic E-state index is 13.5. The summed E-state index contributed by atoms with van der Waals surface area (Å²) in [7, 11) is 0. The largest absolute Gasteiger partial charge is 0.283 e.